The van der Waals surface area contributed by atoms with Crippen LogP contribution in [0.3, 0.4) is 0 Å². The molecule has 0 atom stereocenters. The Kier molecular flexibility index (Phi) is 4.47. The average molecular weight is 257 g/mol. The molecule has 1 N–H and O–H groups in total. The van der Waals surface area contributed by atoms with Crippen molar-refractivity contribution in [3.05, 3.63) is 48.0 Å². The van der Waals surface area contributed by atoms with Crippen molar-refractivity contribution < 1.29 is 4.74 Å². The zero-order valence-corrected chi connectivity index (χ0v) is 11.6. The van der Waals surface area contributed by atoms with E-state index in [9.17, 15) is 0 Å². The summed E-state index contributed by atoms with van der Waals surface area (Å²) in [5.74, 6) is 1.51. The Morgan fingerprint density at radius 3 is 2.68 bits per heavy atom. The van der Waals surface area contributed by atoms with Crippen molar-refractivity contribution in [3.63, 3.8) is 0 Å². The van der Waals surface area contributed by atoms with E-state index in [1.54, 1.807) is 12.4 Å². The molecule has 2 heterocycles. The summed E-state index contributed by atoms with van der Waals surface area (Å²) >= 11 is 0. The summed E-state index contributed by atoms with van der Waals surface area (Å²) in [7, 11) is 0. The molecule has 100 valence electrons. The van der Waals surface area contributed by atoms with Gasteiger partial charge in [-0.1, -0.05) is 13.8 Å². The number of nitrogens with one attached hydrogen (secondary N) is 1. The van der Waals surface area contributed by atoms with E-state index in [0.717, 1.165) is 29.4 Å². The smallest absolute Gasteiger partial charge is 0.145 e. The first-order valence-corrected chi connectivity index (χ1v) is 6.42. The second kappa shape index (κ2) is 6.29. The number of ether oxygens (including phenoxy) is 1. The van der Waals surface area contributed by atoms with E-state index in [-0.39, 0.29) is 0 Å². The van der Waals surface area contributed by atoms with E-state index in [2.05, 4.69) is 29.1 Å². The highest BCUT2D eigenvalue weighted by molar-refractivity contribution is 5.30. The molecule has 2 aromatic heterocycles. The minimum absolute atomic E-state index is 0.438. The van der Waals surface area contributed by atoms with Crippen LogP contribution in [0, 0.1) is 6.92 Å². The Labute approximate surface area is 113 Å². The molecule has 2 rings (SSSR count). The Morgan fingerprint density at radius 1 is 1.16 bits per heavy atom. The van der Waals surface area contributed by atoms with Gasteiger partial charge < -0.3 is 10.1 Å². The van der Waals surface area contributed by atoms with Crippen LogP contribution < -0.4 is 10.1 Å². The molecule has 4 heteroatoms. The SMILES string of the molecule is Cc1ccc(Oc2ccnc(CNC(C)C)c2)cn1. The van der Waals surface area contributed by atoms with Gasteiger partial charge in [0, 0.05) is 30.5 Å². The monoisotopic (exact) mass is 257 g/mol. The molecule has 0 aliphatic heterocycles. The predicted molar refractivity (Wildman–Crippen MR) is 75.3 cm³/mol. The van der Waals surface area contributed by atoms with Crippen LogP contribution in [-0.4, -0.2) is 16.0 Å². The van der Waals surface area contributed by atoms with Crippen LogP contribution in [0.5, 0.6) is 11.5 Å². The summed E-state index contributed by atoms with van der Waals surface area (Å²) < 4.78 is 5.75. The number of aromatic nitrogens is 2. The summed E-state index contributed by atoms with van der Waals surface area (Å²) in [5.41, 5.74) is 1.94. The molecule has 0 aromatic carbocycles. The highest BCUT2D eigenvalue weighted by atomic mass is 16.5. The van der Waals surface area contributed by atoms with Gasteiger partial charge in [0.2, 0.25) is 0 Å². The van der Waals surface area contributed by atoms with Gasteiger partial charge in [-0.2, -0.15) is 0 Å². The van der Waals surface area contributed by atoms with Crippen molar-refractivity contribution in [2.24, 2.45) is 0 Å². The minimum Gasteiger partial charge on any atom is -0.456 e. The molecule has 2 aromatic rings. The summed E-state index contributed by atoms with van der Waals surface area (Å²) in [6, 6.07) is 8.06. The molecular weight excluding hydrogens is 238 g/mol. The van der Waals surface area contributed by atoms with Crippen LogP contribution in [-0.2, 0) is 6.54 Å². The third-order valence-electron chi connectivity index (χ3n) is 2.60. The Hall–Kier alpha value is -1.94. The first-order chi connectivity index (χ1) is 9.13. The standard InChI is InChI=1S/C15H19N3O/c1-11(2)17-9-13-8-14(6-7-16-13)19-15-5-4-12(3)18-10-15/h4-8,10-11,17H,9H2,1-3H3. The lowest BCUT2D eigenvalue weighted by Crippen LogP contribution is -2.22. The molecular formula is C15H19N3O. The zero-order valence-electron chi connectivity index (χ0n) is 11.6. The van der Waals surface area contributed by atoms with Gasteiger partial charge in [0.1, 0.15) is 11.5 Å². The number of pyridine rings is 2. The normalized spacial score (nSPS) is 10.7. The van der Waals surface area contributed by atoms with E-state index in [4.69, 9.17) is 4.74 Å². The third-order valence-corrected chi connectivity index (χ3v) is 2.60. The maximum atomic E-state index is 5.75. The fraction of sp³-hybridized carbons (Fsp3) is 0.333. The largest absolute Gasteiger partial charge is 0.456 e. The molecule has 0 bridgehead atoms. The lowest BCUT2D eigenvalue weighted by molar-refractivity contribution is 0.477. The molecule has 4 nitrogen and oxygen atoms in total. The van der Waals surface area contributed by atoms with Gasteiger partial charge in [-0.05, 0) is 25.1 Å². The van der Waals surface area contributed by atoms with Crippen molar-refractivity contribution in [1.82, 2.24) is 15.3 Å². The number of nitrogens with zero attached hydrogens (tertiary/aromatic N) is 2. The second-order valence-electron chi connectivity index (χ2n) is 4.76. The first-order valence-electron chi connectivity index (χ1n) is 6.42. The summed E-state index contributed by atoms with van der Waals surface area (Å²) in [6.45, 7) is 6.91. The molecule has 0 unspecified atom stereocenters. The van der Waals surface area contributed by atoms with Crippen molar-refractivity contribution >= 4 is 0 Å². The first kappa shape index (κ1) is 13.5. The quantitative estimate of drug-likeness (QED) is 0.894. The molecule has 0 radical (unpaired) electrons. The maximum Gasteiger partial charge on any atom is 0.145 e. The van der Waals surface area contributed by atoms with Crippen LogP contribution >= 0.6 is 0 Å². The molecule has 0 fully saturated rings. The van der Waals surface area contributed by atoms with Crippen LogP contribution in [0.1, 0.15) is 25.2 Å². The lowest BCUT2D eigenvalue weighted by atomic mass is 10.3. The van der Waals surface area contributed by atoms with Crippen LogP contribution in [0.2, 0.25) is 0 Å². The van der Waals surface area contributed by atoms with Gasteiger partial charge >= 0.3 is 0 Å². The van der Waals surface area contributed by atoms with Gasteiger partial charge in [-0.3, -0.25) is 9.97 Å². The van der Waals surface area contributed by atoms with Gasteiger partial charge in [0.15, 0.2) is 0 Å². The van der Waals surface area contributed by atoms with Crippen molar-refractivity contribution in [3.8, 4) is 11.5 Å². The second-order valence-corrected chi connectivity index (χ2v) is 4.76. The highest BCUT2D eigenvalue weighted by Crippen LogP contribution is 2.20. The number of rotatable bonds is 5. The van der Waals surface area contributed by atoms with Crippen LogP contribution in [0.25, 0.3) is 0 Å². The molecule has 0 saturated carbocycles. The van der Waals surface area contributed by atoms with E-state index >= 15 is 0 Å². The van der Waals surface area contributed by atoms with Gasteiger partial charge in [0.25, 0.3) is 0 Å². The fourth-order valence-electron chi connectivity index (χ4n) is 1.58. The lowest BCUT2D eigenvalue weighted by Gasteiger charge is -2.09. The summed E-state index contributed by atoms with van der Waals surface area (Å²) in [5, 5.41) is 3.33. The van der Waals surface area contributed by atoms with E-state index in [1.165, 1.54) is 0 Å². The molecule has 19 heavy (non-hydrogen) atoms. The Balaban J connectivity index is 2.04. The summed E-state index contributed by atoms with van der Waals surface area (Å²) in [6.07, 6.45) is 3.48. The van der Waals surface area contributed by atoms with Crippen LogP contribution in [0.4, 0.5) is 0 Å². The highest BCUT2D eigenvalue weighted by Gasteiger charge is 2.01. The van der Waals surface area contributed by atoms with E-state index in [1.807, 2.05) is 31.2 Å². The molecule has 0 aliphatic carbocycles. The topological polar surface area (TPSA) is 47.0 Å². The van der Waals surface area contributed by atoms with Gasteiger partial charge in [0.05, 0.1) is 11.9 Å². The molecule has 0 saturated heterocycles. The zero-order chi connectivity index (χ0) is 13.7. The number of hydrogen-bond donors (Lipinski definition) is 1. The Morgan fingerprint density at radius 2 is 2.00 bits per heavy atom. The number of aryl methyl sites for hydroxylation is 1. The average Bonchev–Trinajstić information content (AvgIpc) is 2.40. The molecule has 0 amide bonds. The fourth-order valence-corrected chi connectivity index (χ4v) is 1.58. The van der Waals surface area contributed by atoms with E-state index in [0.29, 0.717) is 6.04 Å². The van der Waals surface area contributed by atoms with Gasteiger partial charge in [-0.15, -0.1) is 0 Å². The minimum atomic E-state index is 0.438. The Bertz CT molecular complexity index is 523. The van der Waals surface area contributed by atoms with Gasteiger partial charge in [-0.25, -0.2) is 0 Å². The summed E-state index contributed by atoms with van der Waals surface area (Å²) in [4.78, 5) is 8.51. The van der Waals surface area contributed by atoms with Crippen molar-refractivity contribution in [2.75, 3.05) is 0 Å². The third kappa shape index (κ3) is 4.34. The number of hydrogen-bond acceptors (Lipinski definition) is 4. The maximum absolute atomic E-state index is 5.75. The van der Waals surface area contributed by atoms with Crippen molar-refractivity contribution in [1.29, 1.82) is 0 Å². The van der Waals surface area contributed by atoms with E-state index < -0.39 is 0 Å². The predicted octanol–water partition coefficient (Wildman–Crippen LogP) is 3.08. The van der Waals surface area contributed by atoms with Crippen LogP contribution in [0.15, 0.2) is 36.7 Å². The molecule has 0 spiro atoms. The van der Waals surface area contributed by atoms with Crippen molar-refractivity contribution in [2.45, 2.75) is 33.4 Å². The molecule has 0 aliphatic rings.